The molecule has 0 spiro atoms. The molecule has 1 aromatic rings. The number of likely N-dealkylation sites (N-methyl/N-ethyl adjacent to an activating group) is 1. The molecule has 6 nitrogen and oxygen atoms in total. The monoisotopic (exact) mass is 271 g/mol. The highest BCUT2D eigenvalue weighted by atomic mass is 32.1. The fraction of sp³-hybridized carbons (Fsp3) is 0.545. The van der Waals surface area contributed by atoms with Gasteiger partial charge in [0.15, 0.2) is 0 Å². The van der Waals surface area contributed by atoms with Crippen molar-refractivity contribution in [3.63, 3.8) is 0 Å². The third-order valence-corrected chi connectivity index (χ3v) is 3.67. The van der Waals surface area contributed by atoms with Crippen molar-refractivity contribution in [2.24, 2.45) is 0 Å². The Kier molecular flexibility index (Phi) is 5.24. The summed E-state index contributed by atoms with van der Waals surface area (Å²) in [6.45, 7) is 4.82. The Balaban J connectivity index is 2.49. The summed E-state index contributed by atoms with van der Waals surface area (Å²) in [5.41, 5.74) is 0. The van der Waals surface area contributed by atoms with Gasteiger partial charge in [-0.05, 0) is 19.9 Å². The molecule has 1 N–H and O–H groups in total. The molecule has 0 fully saturated rings. The predicted molar refractivity (Wildman–Crippen MR) is 70.6 cm³/mol. The number of thiophene rings is 1. The van der Waals surface area contributed by atoms with E-state index >= 15 is 0 Å². The molecule has 1 heterocycles. The van der Waals surface area contributed by atoms with E-state index in [0.717, 1.165) is 16.2 Å². The molecule has 1 rings (SSSR count). The van der Waals surface area contributed by atoms with Crippen LogP contribution >= 0.6 is 11.3 Å². The molecule has 100 valence electrons. The summed E-state index contributed by atoms with van der Waals surface area (Å²) in [4.78, 5) is 24.4. The smallest absolute Gasteiger partial charge is 0.324 e. The zero-order valence-electron chi connectivity index (χ0n) is 10.7. The van der Waals surface area contributed by atoms with Crippen molar-refractivity contribution in [3.05, 3.63) is 27.1 Å². The number of nitrogens with one attached hydrogen (secondary N) is 1. The molecule has 0 radical (unpaired) electrons. The molecule has 1 aromatic heterocycles. The van der Waals surface area contributed by atoms with Crippen LogP contribution in [0, 0.1) is 10.1 Å². The zero-order chi connectivity index (χ0) is 13.7. The van der Waals surface area contributed by atoms with E-state index in [1.54, 1.807) is 24.9 Å². The number of amides is 1. The molecular formula is C11H17N3O3S. The Morgan fingerprint density at radius 2 is 2.28 bits per heavy atom. The molecule has 0 saturated heterocycles. The first-order valence-electron chi connectivity index (χ1n) is 5.67. The lowest BCUT2D eigenvalue weighted by Crippen LogP contribution is -2.42. The van der Waals surface area contributed by atoms with E-state index in [-0.39, 0.29) is 17.0 Å². The summed E-state index contributed by atoms with van der Waals surface area (Å²) in [7, 11) is 1.75. The molecule has 1 atom stereocenters. The second kappa shape index (κ2) is 6.46. The first kappa shape index (κ1) is 14.6. The van der Waals surface area contributed by atoms with Gasteiger partial charge in [-0.3, -0.25) is 14.9 Å². The second-order valence-corrected chi connectivity index (χ2v) is 5.10. The van der Waals surface area contributed by atoms with Crippen LogP contribution in [-0.4, -0.2) is 35.4 Å². The van der Waals surface area contributed by atoms with Gasteiger partial charge in [0.1, 0.15) is 0 Å². The summed E-state index contributed by atoms with van der Waals surface area (Å²) in [6, 6.07) is 2.89. The van der Waals surface area contributed by atoms with Crippen LogP contribution in [0.25, 0.3) is 0 Å². The molecule has 7 heteroatoms. The van der Waals surface area contributed by atoms with Crippen molar-refractivity contribution in [2.45, 2.75) is 26.4 Å². The fourth-order valence-electron chi connectivity index (χ4n) is 1.39. The van der Waals surface area contributed by atoms with Gasteiger partial charge in [0.2, 0.25) is 5.91 Å². The van der Waals surface area contributed by atoms with Gasteiger partial charge in [-0.25, -0.2) is 0 Å². The van der Waals surface area contributed by atoms with Gasteiger partial charge in [0.25, 0.3) is 0 Å². The first-order valence-corrected chi connectivity index (χ1v) is 6.48. The highest BCUT2D eigenvalue weighted by Gasteiger charge is 2.16. The minimum absolute atomic E-state index is 0.0172. The molecular weight excluding hydrogens is 254 g/mol. The number of hydrogen-bond acceptors (Lipinski definition) is 5. The Labute approximate surface area is 110 Å². The van der Waals surface area contributed by atoms with Crippen molar-refractivity contribution in [2.75, 3.05) is 13.6 Å². The van der Waals surface area contributed by atoms with Crippen LogP contribution in [0.3, 0.4) is 0 Å². The molecule has 0 aromatic carbocycles. The van der Waals surface area contributed by atoms with Crippen molar-refractivity contribution in [1.29, 1.82) is 0 Å². The van der Waals surface area contributed by atoms with Crippen molar-refractivity contribution < 1.29 is 9.72 Å². The van der Waals surface area contributed by atoms with Gasteiger partial charge in [0, 0.05) is 31.1 Å². The van der Waals surface area contributed by atoms with Gasteiger partial charge in [0.05, 0.1) is 11.0 Å². The highest BCUT2D eigenvalue weighted by molar-refractivity contribution is 7.15. The largest absolute Gasteiger partial charge is 0.345 e. The van der Waals surface area contributed by atoms with Gasteiger partial charge >= 0.3 is 5.00 Å². The Bertz CT molecular complexity index is 433. The van der Waals surface area contributed by atoms with Crippen LogP contribution in [0.2, 0.25) is 0 Å². The SMILES string of the molecule is CCN(C)C(=O)C(C)NCc1ccc([N+](=O)[O-])s1. The first-order chi connectivity index (χ1) is 8.45. The van der Waals surface area contributed by atoms with E-state index in [9.17, 15) is 14.9 Å². The van der Waals surface area contributed by atoms with Gasteiger partial charge in [-0.15, -0.1) is 0 Å². The molecule has 1 amide bonds. The second-order valence-electron chi connectivity index (χ2n) is 3.95. The van der Waals surface area contributed by atoms with Crippen LogP contribution < -0.4 is 5.32 Å². The van der Waals surface area contributed by atoms with E-state index in [0.29, 0.717) is 13.1 Å². The minimum Gasteiger partial charge on any atom is -0.345 e. The molecule has 0 aliphatic carbocycles. The molecule has 0 saturated carbocycles. The fourth-order valence-corrected chi connectivity index (χ4v) is 2.16. The molecule has 0 bridgehead atoms. The number of hydrogen-bond donors (Lipinski definition) is 1. The standard InChI is InChI=1S/C11H17N3O3S/c1-4-13(3)11(15)8(2)12-7-9-5-6-10(18-9)14(16)17/h5-6,8,12H,4,7H2,1-3H3. The molecule has 1 unspecified atom stereocenters. The number of carbonyl (C=O) groups is 1. The summed E-state index contributed by atoms with van der Waals surface area (Å²) >= 11 is 1.12. The van der Waals surface area contributed by atoms with E-state index in [4.69, 9.17) is 0 Å². The van der Waals surface area contributed by atoms with Crippen molar-refractivity contribution in [1.82, 2.24) is 10.2 Å². The molecule has 18 heavy (non-hydrogen) atoms. The van der Waals surface area contributed by atoms with Crippen LogP contribution in [-0.2, 0) is 11.3 Å². The number of rotatable bonds is 6. The summed E-state index contributed by atoms with van der Waals surface area (Å²) in [6.07, 6.45) is 0. The molecule has 0 aliphatic heterocycles. The zero-order valence-corrected chi connectivity index (χ0v) is 11.5. The minimum atomic E-state index is -0.409. The number of nitro groups is 1. The maximum absolute atomic E-state index is 11.8. The van der Waals surface area contributed by atoms with E-state index in [2.05, 4.69) is 5.32 Å². The van der Waals surface area contributed by atoms with Gasteiger partial charge in [-0.1, -0.05) is 11.3 Å². The summed E-state index contributed by atoms with van der Waals surface area (Å²) < 4.78 is 0. The lowest BCUT2D eigenvalue weighted by atomic mass is 10.3. The third kappa shape index (κ3) is 3.78. The highest BCUT2D eigenvalue weighted by Crippen LogP contribution is 2.23. The normalized spacial score (nSPS) is 12.2. The topological polar surface area (TPSA) is 75.5 Å². The lowest BCUT2D eigenvalue weighted by molar-refractivity contribution is -0.380. The quantitative estimate of drug-likeness (QED) is 0.630. The average molecular weight is 271 g/mol. The van der Waals surface area contributed by atoms with Gasteiger partial charge < -0.3 is 10.2 Å². The van der Waals surface area contributed by atoms with E-state index in [1.807, 2.05) is 6.92 Å². The van der Waals surface area contributed by atoms with E-state index in [1.165, 1.54) is 6.07 Å². The van der Waals surface area contributed by atoms with E-state index < -0.39 is 4.92 Å². The summed E-state index contributed by atoms with van der Waals surface area (Å²) in [5.74, 6) is 0.0172. The number of carbonyl (C=O) groups excluding carboxylic acids is 1. The Morgan fingerprint density at radius 1 is 1.61 bits per heavy atom. The molecule has 0 aliphatic rings. The third-order valence-electron chi connectivity index (χ3n) is 2.63. The van der Waals surface area contributed by atoms with Crippen molar-refractivity contribution in [3.8, 4) is 0 Å². The van der Waals surface area contributed by atoms with Gasteiger partial charge in [-0.2, -0.15) is 0 Å². The van der Waals surface area contributed by atoms with Crippen LogP contribution in [0.5, 0.6) is 0 Å². The van der Waals surface area contributed by atoms with Crippen LogP contribution in [0.1, 0.15) is 18.7 Å². The van der Waals surface area contributed by atoms with Crippen molar-refractivity contribution >= 4 is 22.2 Å². The lowest BCUT2D eigenvalue weighted by Gasteiger charge is -2.20. The Hall–Kier alpha value is -1.47. The number of nitrogens with zero attached hydrogens (tertiary/aromatic N) is 2. The van der Waals surface area contributed by atoms with Crippen LogP contribution in [0.4, 0.5) is 5.00 Å². The Morgan fingerprint density at radius 3 is 2.78 bits per heavy atom. The maximum atomic E-state index is 11.8. The maximum Gasteiger partial charge on any atom is 0.324 e. The summed E-state index contributed by atoms with van der Waals surface area (Å²) in [5, 5.41) is 13.7. The van der Waals surface area contributed by atoms with Crippen LogP contribution in [0.15, 0.2) is 12.1 Å². The predicted octanol–water partition coefficient (Wildman–Crippen LogP) is 1.61. The average Bonchev–Trinajstić information content (AvgIpc) is 2.82.